The van der Waals surface area contributed by atoms with Gasteiger partial charge in [0, 0.05) is 13.0 Å². The molecule has 1 N–H and O–H groups in total. The number of hydrogen-bond acceptors (Lipinski definition) is 2. The Balaban J connectivity index is 1.40. The Bertz CT molecular complexity index is 523. The highest BCUT2D eigenvalue weighted by Gasteiger charge is 2.39. The molecule has 3 heteroatoms. The highest BCUT2D eigenvalue weighted by Crippen LogP contribution is 2.49. The zero-order valence-corrected chi connectivity index (χ0v) is 14.4. The summed E-state index contributed by atoms with van der Waals surface area (Å²) in [7, 11) is 0. The molecule has 1 aromatic carbocycles. The van der Waals surface area contributed by atoms with Gasteiger partial charge in [0.1, 0.15) is 0 Å². The first-order valence-electron chi connectivity index (χ1n) is 9.06. The summed E-state index contributed by atoms with van der Waals surface area (Å²) in [5.74, 6) is 2.60. The summed E-state index contributed by atoms with van der Waals surface area (Å²) in [5.41, 5.74) is 2.33. The Hall–Kier alpha value is -1.35. The smallest absolute Gasteiger partial charge is 0.220 e. The van der Waals surface area contributed by atoms with Crippen LogP contribution in [0, 0.1) is 17.8 Å². The van der Waals surface area contributed by atoms with Gasteiger partial charge in [-0.2, -0.15) is 0 Å². The van der Waals surface area contributed by atoms with Crippen molar-refractivity contribution < 1.29 is 9.53 Å². The molecule has 2 aliphatic carbocycles. The van der Waals surface area contributed by atoms with Crippen molar-refractivity contribution in [3.05, 3.63) is 35.4 Å². The molecule has 2 bridgehead atoms. The van der Waals surface area contributed by atoms with E-state index in [9.17, 15) is 4.79 Å². The molecule has 23 heavy (non-hydrogen) atoms. The van der Waals surface area contributed by atoms with Crippen LogP contribution in [0.25, 0.3) is 0 Å². The minimum Gasteiger partial charge on any atom is -0.374 e. The van der Waals surface area contributed by atoms with E-state index in [1.807, 2.05) is 13.8 Å². The summed E-state index contributed by atoms with van der Waals surface area (Å²) in [6.07, 6.45) is 6.37. The van der Waals surface area contributed by atoms with Crippen LogP contribution in [-0.2, 0) is 22.7 Å². The average Bonchev–Trinajstić information content (AvgIpc) is 3.14. The van der Waals surface area contributed by atoms with Crippen LogP contribution in [0.3, 0.4) is 0 Å². The van der Waals surface area contributed by atoms with E-state index < -0.39 is 0 Å². The van der Waals surface area contributed by atoms with Crippen LogP contribution >= 0.6 is 0 Å². The second-order valence-corrected chi connectivity index (χ2v) is 7.59. The van der Waals surface area contributed by atoms with Gasteiger partial charge in [-0.05, 0) is 62.0 Å². The monoisotopic (exact) mass is 315 g/mol. The van der Waals surface area contributed by atoms with Crippen molar-refractivity contribution in [2.45, 2.75) is 65.2 Å². The molecular weight excluding hydrogens is 286 g/mol. The maximum absolute atomic E-state index is 12.2. The molecule has 0 aromatic heterocycles. The third kappa shape index (κ3) is 4.57. The van der Waals surface area contributed by atoms with E-state index in [1.165, 1.54) is 31.2 Å². The molecule has 1 aromatic rings. The molecule has 3 nitrogen and oxygen atoms in total. The third-order valence-corrected chi connectivity index (χ3v) is 5.43. The van der Waals surface area contributed by atoms with Crippen LogP contribution in [-0.4, -0.2) is 12.0 Å². The van der Waals surface area contributed by atoms with E-state index in [-0.39, 0.29) is 12.0 Å². The molecule has 0 aliphatic heterocycles. The average molecular weight is 315 g/mol. The molecule has 0 saturated heterocycles. The standard InChI is InChI=1S/C20H29NO2/c1-14(2)23-13-16-5-3-15(4-6-16)12-21-20(22)11-19-10-17-7-8-18(19)9-17/h3-6,14,17-19H,7-13H2,1-2H3,(H,21,22)/t17-,18-,19+/m1/s1. The Morgan fingerprint density at radius 3 is 2.52 bits per heavy atom. The van der Waals surface area contributed by atoms with Gasteiger partial charge in [-0.15, -0.1) is 0 Å². The fourth-order valence-electron chi connectivity index (χ4n) is 4.15. The highest BCUT2D eigenvalue weighted by atomic mass is 16.5. The number of ether oxygens (including phenoxy) is 1. The summed E-state index contributed by atoms with van der Waals surface area (Å²) in [6.45, 7) is 5.36. The van der Waals surface area contributed by atoms with Gasteiger partial charge >= 0.3 is 0 Å². The largest absolute Gasteiger partial charge is 0.374 e. The Labute approximate surface area is 139 Å². The van der Waals surface area contributed by atoms with Gasteiger partial charge in [-0.25, -0.2) is 0 Å². The first-order chi connectivity index (χ1) is 11.1. The van der Waals surface area contributed by atoms with E-state index in [4.69, 9.17) is 4.74 Å². The van der Waals surface area contributed by atoms with Crippen LogP contribution in [0.4, 0.5) is 0 Å². The Morgan fingerprint density at radius 1 is 1.17 bits per heavy atom. The van der Waals surface area contributed by atoms with Crippen molar-refractivity contribution >= 4 is 5.91 Å². The van der Waals surface area contributed by atoms with Crippen molar-refractivity contribution in [3.8, 4) is 0 Å². The molecule has 2 saturated carbocycles. The third-order valence-electron chi connectivity index (χ3n) is 5.43. The number of carbonyl (C=O) groups excluding carboxylic acids is 1. The number of nitrogens with one attached hydrogen (secondary N) is 1. The summed E-state index contributed by atoms with van der Waals surface area (Å²) >= 11 is 0. The number of benzene rings is 1. The maximum atomic E-state index is 12.2. The molecule has 1 amide bonds. The number of rotatable bonds is 7. The van der Waals surface area contributed by atoms with Gasteiger partial charge in [0.2, 0.25) is 5.91 Å². The number of hydrogen-bond donors (Lipinski definition) is 1. The van der Waals surface area contributed by atoms with Crippen LogP contribution in [0.5, 0.6) is 0 Å². The zero-order chi connectivity index (χ0) is 16.2. The fraction of sp³-hybridized carbons (Fsp3) is 0.650. The Kier molecular flexibility index (Phi) is 5.37. The summed E-state index contributed by atoms with van der Waals surface area (Å²) < 4.78 is 5.59. The van der Waals surface area contributed by atoms with E-state index in [2.05, 4.69) is 29.6 Å². The molecule has 2 fully saturated rings. The second kappa shape index (κ2) is 7.48. The lowest BCUT2D eigenvalue weighted by molar-refractivity contribution is -0.122. The molecule has 126 valence electrons. The molecule has 0 spiro atoms. The molecule has 3 rings (SSSR count). The summed E-state index contributed by atoms with van der Waals surface area (Å²) in [6, 6.07) is 8.33. The van der Waals surface area contributed by atoms with Gasteiger partial charge < -0.3 is 10.1 Å². The van der Waals surface area contributed by atoms with E-state index in [1.54, 1.807) is 0 Å². The first-order valence-corrected chi connectivity index (χ1v) is 9.06. The quantitative estimate of drug-likeness (QED) is 0.824. The fourth-order valence-corrected chi connectivity index (χ4v) is 4.15. The lowest BCUT2D eigenvalue weighted by Gasteiger charge is -2.20. The van der Waals surface area contributed by atoms with Gasteiger partial charge in [0.25, 0.3) is 0 Å². The number of carbonyl (C=O) groups is 1. The van der Waals surface area contributed by atoms with Crippen molar-refractivity contribution in [2.75, 3.05) is 0 Å². The summed E-state index contributed by atoms with van der Waals surface area (Å²) in [4.78, 5) is 12.2. The summed E-state index contributed by atoms with van der Waals surface area (Å²) in [5, 5.41) is 3.08. The van der Waals surface area contributed by atoms with Crippen LogP contribution in [0.1, 0.15) is 57.1 Å². The Morgan fingerprint density at radius 2 is 1.91 bits per heavy atom. The topological polar surface area (TPSA) is 38.3 Å². The lowest BCUT2D eigenvalue weighted by Crippen LogP contribution is -2.26. The predicted octanol–water partition coefficient (Wildman–Crippen LogP) is 4.05. The van der Waals surface area contributed by atoms with Crippen LogP contribution < -0.4 is 5.32 Å². The van der Waals surface area contributed by atoms with Gasteiger partial charge in [0.05, 0.1) is 12.7 Å². The number of fused-ring (bicyclic) bond motifs is 2. The number of amides is 1. The normalized spacial score (nSPS) is 26.0. The second-order valence-electron chi connectivity index (χ2n) is 7.59. The van der Waals surface area contributed by atoms with Crippen molar-refractivity contribution in [3.63, 3.8) is 0 Å². The molecule has 0 unspecified atom stereocenters. The lowest BCUT2D eigenvalue weighted by atomic mass is 9.86. The highest BCUT2D eigenvalue weighted by molar-refractivity contribution is 5.76. The predicted molar refractivity (Wildman–Crippen MR) is 91.8 cm³/mol. The zero-order valence-electron chi connectivity index (χ0n) is 14.4. The molecule has 3 atom stereocenters. The van der Waals surface area contributed by atoms with Crippen molar-refractivity contribution in [1.29, 1.82) is 0 Å². The minimum absolute atomic E-state index is 0.217. The molecule has 0 radical (unpaired) electrons. The van der Waals surface area contributed by atoms with Gasteiger partial charge in [-0.1, -0.05) is 30.7 Å². The first kappa shape index (κ1) is 16.5. The van der Waals surface area contributed by atoms with Crippen molar-refractivity contribution in [2.24, 2.45) is 17.8 Å². The maximum Gasteiger partial charge on any atom is 0.220 e. The SMILES string of the molecule is CC(C)OCc1ccc(CNC(=O)C[C@@H]2C[C@@H]3CC[C@@H]2C3)cc1. The van der Waals surface area contributed by atoms with Gasteiger partial charge in [0.15, 0.2) is 0 Å². The van der Waals surface area contributed by atoms with E-state index in [0.29, 0.717) is 19.1 Å². The molecule has 0 heterocycles. The molecule has 2 aliphatic rings. The molecular formula is C20H29NO2. The van der Waals surface area contributed by atoms with Gasteiger partial charge in [-0.3, -0.25) is 4.79 Å². The van der Waals surface area contributed by atoms with E-state index in [0.717, 1.165) is 23.8 Å². The minimum atomic E-state index is 0.217. The van der Waals surface area contributed by atoms with Crippen LogP contribution in [0.15, 0.2) is 24.3 Å². The van der Waals surface area contributed by atoms with Crippen molar-refractivity contribution in [1.82, 2.24) is 5.32 Å². The van der Waals surface area contributed by atoms with E-state index >= 15 is 0 Å². The van der Waals surface area contributed by atoms with Crippen LogP contribution in [0.2, 0.25) is 0 Å².